The molecule has 0 aromatic heterocycles. The first-order chi connectivity index (χ1) is 15.7. The molecule has 0 radical (unpaired) electrons. The van der Waals surface area contributed by atoms with Gasteiger partial charge in [0.05, 0.1) is 22.0 Å². The molecule has 34 heavy (non-hydrogen) atoms. The van der Waals surface area contributed by atoms with Gasteiger partial charge in [-0.2, -0.15) is 15.3 Å². The summed E-state index contributed by atoms with van der Waals surface area (Å²) in [5.74, 6) is 0.0479. The smallest absolute Gasteiger partial charge is 0.744 e. The number of aryl methyl sites for hydroxylation is 2. The zero-order chi connectivity index (χ0) is 23.6. The van der Waals surface area contributed by atoms with E-state index in [0.29, 0.717) is 28.3 Å². The zero-order valence-electron chi connectivity index (χ0n) is 18.8. The Morgan fingerprint density at radius 2 is 1.41 bits per heavy atom. The van der Waals surface area contributed by atoms with Crippen molar-refractivity contribution in [2.24, 2.45) is 20.5 Å². The Bertz CT molecular complexity index is 1540. The van der Waals surface area contributed by atoms with E-state index >= 15 is 0 Å². The Labute approximate surface area is 219 Å². The molecular formula is C24H19N4NaO4S. The number of nitrogens with zero attached hydrogens (tertiary/aromatic N) is 4. The molecule has 166 valence electrons. The van der Waals surface area contributed by atoms with Crippen LogP contribution < -0.4 is 29.6 Å². The van der Waals surface area contributed by atoms with E-state index < -0.39 is 10.1 Å². The second kappa shape index (κ2) is 10.5. The van der Waals surface area contributed by atoms with Crippen molar-refractivity contribution in [3.8, 4) is 5.75 Å². The fourth-order valence-electron chi connectivity index (χ4n) is 3.27. The summed E-state index contributed by atoms with van der Waals surface area (Å²) in [6.45, 7) is 3.51. The number of phenols is 1. The second-order valence-corrected chi connectivity index (χ2v) is 8.81. The number of hydrogen-bond acceptors (Lipinski definition) is 8. The van der Waals surface area contributed by atoms with Crippen LogP contribution in [0, 0.1) is 13.8 Å². The molecule has 4 aromatic rings. The summed E-state index contributed by atoms with van der Waals surface area (Å²) < 4.78 is 33.4. The molecule has 0 heterocycles. The van der Waals surface area contributed by atoms with Crippen molar-refractivity contribution in [2.75, 3.05) is 0 Å². The van der Waals surface area contributed by atoms with Crippen LogP contribution in [0.15, 0.2) is 98.1 Å². The number of azo groups is 2. The minimum absolute atomic E-state index is 0. The summed E-state index contributed by atoms with van der Waals surface area (Å²) >= 11 is 0. The fourth-order valence-corrected chi connectivity index (χ4v) is 3.83. The minimum atomic E-state index is -4.52. The van der Waals surface area contributed by atoms with Gasteiger partial charge in [0.25, 0.3) is 0 Å². The van der Waals surface area contributed by atoms with Crippen molar-refractivity contribution >= 4 is 43.6 Å². The van der Waals surface area contributed by atoms with Crippen molar-refractivity contribution in [1.82, 2.24) is 0 Å². The van der Waals surface area contributed by atoms with Crippen molar-refractivity contribution in [3.05, 3.63) is 83.9 Å². The van der Waals surface area contributed by atoms with Crippen molar-refractivity contribution in [2.45, 2.75) is 18.7 Å². The molecule has 0 unspecified atom stereocenters. The van der Waals surface area contributed by atoms with Gasteiger partial charge in [-0.3, -0.25) is 0 Å². The summed E-state index contributed by atoms with van der Waals surface area (Å²) in [6.07, 6.45) is 0. The van der Waals surface area contributed by atoms with Crippen LogP contribution in [-0.2, 0) is 10.1 Å². The third-order valence-corrected chi connectivity index (χ3v) is 5.88. The molecule has 0 atom stereocenters. The first-order valence-corrected chi connectivity index (χ1v) is 11.3. The molecule has 0 saturated heterocycles. The number of rotatable bonds is 5. The normalized spacial score (nSPS) is 11.9. The average molecular weight is 482 g/mol. The summed E-state index contributed by atoms with van der Waals surface area (Å²) in [5.41, 5.74) is 3.36. The molecule has 0 aliphatic carbocycles. The van der Waals surface area contributed by atoms with Gasteiger partial charge in [0.15, 0.2) is 0 Å². The van der Waals surface area contributed by atoms with Gasteiger partial charge >= 0.3 is 29.6 Å². The number of benzene rings is 4. The second-order valence-electron chi connectivity index (χ2n) is 7.43. The van der Waals surface area contributed by atoms with Gasteiger partial charge in [-0.05, 0) is 72.8 Å². The van der Waals surface area contributed by atoms with E-state index in [-0.39, 0.29) is 40.2 Å². The molecule has 0 fully saturated rings. The molecule has 8 nitrogen and oxygen atoms in total. The van der Waals surface area contributed by atoms with Crippen LogP contribution in [0.2, 0.25) is 0 Å². The van der Waals surface area contributed by atoms with E-state index in [1.54, 1.807) is 31.2 Å². The van der Waals surface area contributed by atoms with Crippen molar-refractivity contribution in [1.29, 1.82) is 0 Å². The van der Waals surface area contributed by atoms with Crippen LogP contribution in [0.1, 0.15) is 11.1 Å². The van der Waals surface area contributed by atoms with Crippen LogP contribution in [-0.4, -0.2) is 18.1 Å². The standard InChI is InChI=1S/C24H20N4O4S.Na/c1-15-13-18(25-26-22-11-9-19(14-16(22)2)33(30,31)32)8-10-21(15)27-28-24-20-6-4-3-5-17(20)7-12-23(24)29;/h3-14,29H,1-2H3,(H,30,31,32);/q;+1/p-1. The summed E-state index contributed by atoms with van der Waals surface area (Å²) in [6, 6.07) is 20.2. The fraction of sp³-hybridized carbons (Fsp3) is 0.0833. The number of phenolic OH excluding ortho intramolecular Hbond substituents is 1. The van der Waals surface area contributed by atoms with Gasteiger partial charge < -0.3 is 9.66 Å². The van der Waals surface area contributed by atoms with Crippen LogP contribution in [0.3, 0.4) is 0 Å². The molecule has 0 aliphatic heterocycles. The Hall–Kier alpha value is -2.95. The molecule has 0 spiro atoms. The van der Waals surface area contributed by atoms with Crippen LogP contribution in [0.5, 0.6) is 5.75 Å². The maximum atomic E-state index is 11.1. The number of hydrogen-bond donors (Lipinski definition) is 1. The summed E-state index contributed by atoms with van der Waals surface area (Å²) in [4.78, 5) is -0.304. The Morgan fingerprint density at radius 1 is 0.765 bits per heavy atom. The largest absolute Gasteiger partial charge is 1.00 e. The predicted molar refractivity (Wildman–Crippen MR) is 124 cm³/mol. The van der Waals surface area contributed by atoms with Crippen LogP contribution in [0.25, 0.3) is 10.8 Å². The zero-order valence-corrected chi connectivity index (χ0v) is 21.6. The maximum absolute atomic E-state index is 11.1. The van der Waals surface area contributed by atoms with E-state index in [1.165, 1.54) is 18.2 Å². The number of fused-ring (bicyclic) bond motifs is 1. The SMILES string of the molecule is Cc1cc(S(=O)(=O)[O-])ccc1N=Nc1ccc(N=Nc2c(O)ccc3ccccc23)c(C)c1.[Na+]. The first-order valence-electron chi connectivity index (χ1n) is 9.94. The average Bonchev–Trinajstić information content (AvgIpc) is 2.78. The monoisotopic (exact) mass is 482 g/mol. The van der Waals surface area contributed by atoms with E-state index in [4.69, 9.17) is 0 Å². The van der Waals surface area contributed by atoms with Gasteiger partial charge in [0.2, 0.25) is 0 Å². The van der Waals surface area contributed by atoms with E-state index in [2.05, 4.69) is 20.5 Å². The summed E-state index contributed by atoms with van der Waals surface area (Å²) in [7, 11) is -4.52. The van der Waals surface area contributed by atoms with Crippen molar-refractivity contribution in [3.63, 3.8) is 0 Å². The first kappa shape index (κ1) is 25.7. The van der Waals surface area contributed by atoms with E-state index in [0.717, 1.165) is 16.3 Å². The maximum Gasteiger partial charge on any atom is 1.00 e. The molecule has 0 bridgehead atoms. The van der Waals surface area contributed by atoms with E-state index in [1.807, 2.05) is 37.3 Å². The van der Waals surface area contributed by atoms with E-state index in [9.17, 15) is 18.1 Å². The predicted octanol–water partition coefficient (Wildman–Crippen LogP) is 3.90. The topological polar surface area (TPSA) is 127 Å². The molecule has 4 aromatic carbocycles. The molecule has 0 saturated carbocycles. The third kappa shape index (κ3) is 5.75. The number of aromatic hydroxyl groups is 1. The molecular weight excluding hydrogens is 463 g/mol. The quantitative estimate of drug-likeness (QED) is 0.263. The van der Waals surface area contributed by atoms with Gasteiger partial charge in [-0.15, -0.1) is 5.11 Å². The minimum Gasteiger partial charge on any atom is -0.744 e. The molecule has 4 rings (SSSR count). The Kier molecular flexibility index (Phi) is 7.96. The van der Waals surface area contributed by atoms with Crippen molar-refractivity contribution < 1.29 is 47.6 Å². The summed E-state index contributed by atoms with van der Waals surface area (Å²) in [5, 5.41) is 28.9. The molecule has 1 N–H and O–H groups in total. The molecule has 0 aliphatic rings. The third-order valence-electron chi connectivity index (χ3n) is 5.05. The van der Waals surface area contributed by atoms with Crippen LogP contribution in [0.4, 0.5) is 22.7 Å². The Balaban J connectivity index is 0.00000324. The molecule has 10 heteroatoms. The van der Waals surface area contributed by atoms with Gasteiger partial charge in [-0.25, -0.2) is 8.42 Å². The Morgan fingerprint density at radius 3 is 2.09 bits per heavy atom. The molecule has 0 amide bonds. The van der Waals surface area contributed by atoms with Gasteiger partial charge in [0.1, 0.15) is 21.6 Å². The van der Waals surface area contributed by atoms with Crippen LogP contribution >= 0.6 is 0 Å². The van der Waals surface area contributed by atoms with Gasteiger partial charge in [0, 0.05) is 5.39 Å². The van der Waals surface area contributed by atoms with Gasteiger partial charge in [-0.1, -0.05) is 30.3 Å².